The van der Waals surface area contributed by atoms with Crippen LogP contribution in [0, 0.1) is 23.2 Å². The molecule has 4 rings (SSSR count). The molecule has 0 radical (unpaired) electrons. The molecule has 4 atom stereocenters. The number of thioether (sulfide) groups is 1. The van der Waals surface area contributed by atoms with Gasteiger partial charge in [0.05, 0.1) is 27.5 Å². The van der Waals surface area contributed by atoms with Gasteiger partial charge in [0, 0.05) is 12.1 Å². The molecule has 0 aromatic carbocycles. The molecule has 0 amide bonds. The number of nitrogens with zero attached hydrogens (tertiary/aromatic N) is 2. The van der Waals surface area contributed by atoms with E-state index in [4.69, 9.17) is 30.0 Å². The predicted octanol–water partition coefficient (Wildman–Crippen LogP) is 4.29. The first-order valence-corrected chi connectivity index (χ1v) is 14.2. The lowest BCUT2D eigenvalue weighted by Crippen LogP contribution is -2.21. The van der Waals surface area contributed by atoms with Gasteiger partial charge in [0.25, 0.3) is 0 Å². The van der Waals surface area contributed by atoms with Crippen LogP contribution in [0.5, 0.6) is 0 Å². The number of allylic oxidation sites excluding steroid dienone is 3. The summed E-state index contributed by atoms with van der Waals surface area (Å²) in [6.07, 6.45) is 9.21. The van der Waals surface area contributed by atoms with Gasteiger partial charge in [-0.3, -0.25) is 4.99 Å². The van der Waals surface area contributed by atoms with E-state index in [2.05, 4.69) is 20.4 Å². The van der Waals surface area contributed by atoms with Crippen LogP contribution in [0.3, 0.4) is 0 Å². The molecule has 1 fully saturated rings. The molecule has 34 heavy (non-hydrogen) atoms. The summed E-state index contributed by atoms with van der Waals surface area (Å²) in [5, 5.41) is 14.9. The molecule has 4 unspecified atom stereocenters. The lowest BCUT2D eigenvalue weighted by molar-refractivity contribution is 0.0978. The molecule has 1 aliphatic carbocycles. The zero-order valence-electron chi connectivity index (χ0n) is 19.6. The molecule has 8 nitrogen and oxygen atoms in total. The third-order valence-corrected chi connectivity index (χ3v) is 8.76. The first kappa shape index (κ1) is 24.9. The van der Waals surface area contributed by atoms with Crippen LogP contribution in [0.15, 0.2) is 57.2 Å². The van der Waals surface area contributed by atoms with Crippen LogP contribution in [0.25, 0.3) is 0 Å². The maximum atomic E-state index is 11.5. The van der Waals surface area contributed by atoms with E-state index >= 15 is 0 Å². The van der Waals surface area contributed by atoms with Crippen molar-refractivity contribution in [2.45, 2.75) is 51.2 Å². The lowest BCUT2D eigenvalue weighted by atomic mass is 9.85. The Kier molecular flexibility index (Phi) is 7.49. The van der Waals surface area contributed by atoms with E-state index in [-0.39, 0.29) is 35.5 Å². The molecule has 184 valence electrons. The summed E-state index contributed by atoms with van der Waals surface area (Å²) >= 11 is 1.60. The number of ether oxygens (including phenoxy) is 2. The standard InChI is InChI=1S/C24H32N4O4S2/c1-4-16-9-18(25)24-23(27-12-16)15(3)17(6-5-7-34(26,29)30)10-22(28-24)33-21-11-20-19(8-14(21)2)31-13-32-20/h8,11-12,15-17,21,25H,2,4-7,9-10,13H2,1,3H3,(H2,26,29,30). The van der Waals surface area contributed by atoms with E-state index in [0.29, 0.717) is 42.9 Å². The highest BCUT2D eigenvalue weighted by Gasteiger charge is 2.33. The average Bonchev–Trinajstić information content (AvgIpc) is 3.09. The van der Waals surface area contributed by atoms with Crippen LogP contribution in [0.1, 0.15) is 46.0 Å². The molecule has 0 aromatic heterocycles. The van der Waals surface area contributed by atoms with E-state index in [0.717, 1.165) is 28.5 Å². The van der Waals surface area contributed by atoms with Crippen LogP contribution >= 0.6 is 11.8 Å². The molecule has 10 heteroatoms. The molecule has 0 aromatic rings. The molecule has 0 spiro atoms. The Morgan fingerprint density at radius 2 is 2.06 bits per heavy atom. The van der Waals surface area contributed by atoms with Gasteiger partial charge in [-0.1, -0.05) is 32.2 Å². The number of fused-ring (bicyclic) bond motifs is 1. The first-order chi connectivity index (χ1) is 16.1. The predicted molar refractivity (Wildman–Crippen MR) is 137 cm³/mol. The molecule has 4 aliphatic rings. The first-order valence-electron chi connectivity index (χ1n) is 11.6. The fourth-order valence-corrected chi connectivity index (χ4v) is 6.31. The van der Waals surface area contributed by atoms with Gasteiger partial charge in [-0.15, -0.1) is 0 Å². The second-order valence-corrected chi connectivity index (χ2v) is 12.1. The molecule has 0 saturated carbocycles. The number of nitrogens with one attached hydrogen (secondary N) is 1. The van der Waals surface area contributed by atoms with Gasteiger partial charge in [0.2, 0.25) is 16.8 Å². The van der Waals surface area contributed by atoms with Gasteiger partial charge in [-0.2, -0.15) is 0 Å². The molecular weight excluding hydrogens is 472 g/mol. The zero-order valence-corrected chi connectivity index (χ0v) is 21.3. The summed E-state index contributed by atoms with van der Waals surface area (Å²) < 4.78 is 34.0. The van der Waals surface area contributed by atoms with Crippen LogP contribution in [0.4, 0.5) is 0 Å². The number of rotatable bonds is 6. The minimum Gasteiger partial charge on any atom is -0.454 e. The minimum atomic E-state index is -3.51. The van der Waals surface area contributed by atoms with Crippen LogP contribution in [-0.2, 0) is 19.5 Å². The Morgan fingerprint density at radius 3 is 2.79 bits per heavy atom. The smallest absolute Gasteiger partial charge is 0.231 e. The molecule has 1 saturated heterocycles. The van der Waals surface area contributed by atoms with E-state index < -0.39 is 10.0 Å². The minimum absolute atomic E-state index is 0.0375. The van der Waals surface area contributed by atoms with Gasteiger partial charge in [0.15, 0.2) is 11.5 Å². The molecule has 3 heterocycles. The number of nitrogens with two attached hydrogens (primary N) is 1. The third-order valence-electron chi connectivity index (χ3n) is 6.68. The SMILES string of the molecule is C=C1C=C2OCOC2=CC1SC1=NC2=C(N=CC(CC)CC2=N)C(C)C(CCCS(N)(=O)=O)C1. The van der Waals surface area contributed by atoms with Crippen molar-refractivity contribution in [3.63, 3.8) is 0 Å². The third kappa shape index (κ3) is 5.72. The van der Waals surface area contributed by atoms with Crippen molar-refractivity contribution in [1.29, 1.82) is 5.41 Å². The summed E-state index contributed by atoms with van der Waals surface area (Å²) in [6, 6.07) is 0. The summed E-state index contributed by atoms with van der Waals surface area (Å²) in [7, 11) is -3.51. The number of hydrogen-bond acceptors (Lipinski definition) is 8. The van der Waals surface area contributed by atoms with Crippen molar-refractivity contribution >= 4 is 38.8 Å². The van der Waals surface area contributed by atoms with E-state index in [1.54, 1.807) is 11.8 Å². The van der Waals surface area contributed by atoms with Crippen molar-refractivity contribution in [2.75, 3.05) is 12.5 Å². The highest BCUT2D eigenvalue weighted by molar-refractivity contribution is 8.14. The Bertz CT molecular complexity index is 1130. The molecule has 3 N–H and O–H groups in total. The highest BCUT2D eigenvalue weighted by atomic mass is 32.2. The van der Waals surface area contributed by atoms with Gasteiger partial charge in [-0.25, -0.2) is 18.5 Å². The highest BCUT2D eigenvalue weighted by Crippen LogP contribution is 2.41. The lowest BCUT2D eigenvalue weighted by Gasteiger charge is -2.24. The van der Waals surface area contributed by atoms with Gasteiger partial charge in [0.1, 0.15) is 5.70 Å². The van der Waals surface area contributed by atoms with Crippen LogP contribution in [0.2, 0.25) is 0 Å². The van der Waals surface area contributed by atoms with Gasteiger partial charge >= 0.3 is 0 Å². The normalized spacial score (nSPS) is 29.2. The van der Waals surface area contributed by atoms with E-state index in [1.807, 2.05) is 18.4 Å². The summed E-state index contributed by atoms with van der Waals surface area (Å²) in [5.74, 6) is 1.75. The maximum Gasteiger partial charge on any atom is 0.231 e. The maximum absolute atomic E-state index is 11.5. The van der Waals surface area contributed by atoms with E-state index in [9.17, 15) is 8.42 Å². The summed E-state index contributed by atoms with van der Waals surface area (Å²) in [5.41, 5.74) is 2.88. The molecule has 0 bridgehead atoms. The van der Waals surface area contributed by atoms with Crippen molar-refractivity contribution in [1.82, 2.24) is 0 Å². The largest absolute Gasteiger partial charge is 0.454 e. The van der Waals surface area contributed by atoms with Crippen molar-refractivity contribution in [2.24, 2.45) is 32.9 Å². The fourth-order valence-electron chi connectivity index (χ4n) is 4.58. The number of hydrogen-bond donors (Lipinski definition) is 2. The van der Waals surface area contributed by atoms with Gasteiger partial charge in [-0.05, 0) is 61.7 Å². The zero-order chi connectivity index (χ0) is 24.5. The monoisotopic (exact) mass is 504 g/mol. The Hall–Kier alpha value is -2.17. The molecular formula is C24H32N4O4S2. The van der Waals surface area contributed by atoms with E-state index in [1.165, 1.54) is 0 Å². The quantitative estimate of drug-likeness (QED) is 0.558. The summed E-state index contributed by atoms with van der Waals surface area (Å²) in [6.45, 7) is 8.61. The Morgan fingerprint density at radius 1 is 1.29 bits per heavy atom. The van der Waals surface area contributed by atoms with Crippen LogP contribution in [-0.4, -0.2) is 43.2 Å². The van der Waals surface area contributed by atoms with Crippen molar-refractivity contribution in [3.05, 3.63) is 47.2 Å². The van der Waals surface area contributed by atoms with Crippen LogP contribution < -0.4 is 5.14 Å². The Balaban J connectivity index is 1.63. The second-order valence-electron chi connectivity index (χ2n) is 9.19. The average molecular weight is 505 g/mol. The number of aliphatic imine (C=N–C) groups is 2. The van der Waals surface area contributed by atoms with Crippen molar-refractivity contribution < 1.29 is 17.9 Å². The van der Waals surface area contributed by atoms with Gasteiger partial charge < -0.3 is 14.9 Å². The topological polar surface area (TPSA) is 127 Å². The molecule has 3 aliphatic heterocycles. The fraction of sp³-hybridized carbons (Fsp3) is 0.542. The second kappa shape index (κ2) is 10.2. The summed E-state index contributed by atoms with van der Waals surface area (Å²) in [4.78, 5) is 9.81. The number of sulfonamides is 1. The number of primary sulfonamides is 1. The van der Waals surface area contributed by atoms with Crippen molar-refractivity contribution in [3.8, 4) is 0 Å². The Labute approximate surface area is 205 Å².